The Labute approximate surface area is 111 Å². The maximum atomic E-state index is 13.0. The number of rotatable bonds is 2. The van der Waals surface area contributed by atoms with Crippen LogP contribution in [0.15, 0.2) is 40.9 Å². The molecule has 0 aliphatic heterocycles. The van der Waals surface area contributed by atoms with Crippen LogP contribution in [0.4, 0.5) is 14.5 Å². The van der Waals surface area contributed by atoms with Gasteiger partial charge in [-0.05, 0) is 30.3 Å². The summed E-state index contributed by atoms with van der Waals surface area (Å²) in [5, 5.41) is 0. The summed E-state index contributed by atoms with van der Waals surface area (Å²) in [6.45, 7) is 0. The van der Waals surface area contributed by atoms with Crippen molar-refractivity contribution in [3.63, 3.8) is 0 Å². The number of carbonyl (C=O) groups is 1. The van der Waals surface area contributed by atoms with E-state index < -0.39 is 17.4 Å². The number of carbonyl (C=O) groups excluding carboxylic acids is 1. The number of halogens is 3. The van der Waals surface area contributed by atoms with Crippen molar-refractivity contribution in [1.29, 1.82) is 0 Å². The van der Waals surface area contributed by atoms with Crippen LogP contribution >= 0.6 is 15.9 Å². The zero-order valence-electron chi connectivity index (χ0n) is 9.08. The first-order valence-corrected chi connectivity index (χ1v) is 5.82. The van der Waals surface area contributed by atoms with Crippen LogP contribution in [0.25, 0.3) is 0 Å². The van der Waals surface area contributed by atoms with Gasteiger partial charge in [0.2, 0.25) is 0 Å². The first-order chi connectivity index (χ1) is 8.45. The highest BCUT2D eigenvalue weighted by atomic mass is 79.9. The standard InChI is InChI=1S/C13H8BrF2NO/c14-9-1-7(4-12(17)5-9)13(18)8-2-10(15)6-11(16)3-8/h1-6H,17H2. The van der Waals surface area contributed by atoms with Crippen LogP contribution in [0.2, 0.25) is 0 Å². The Morgan fingerprint density at radius 2 is 1.50 bits per heavy atom. The number of benzene rings is 2. The van der Waals surface area contributed by atoms with Crippen LogP contribution in [0.1, 0.15) is 15.9 Å². The van der Waals surface area contributed by atoms with Gasteiger partial charge in [0.25, 0.3) is 0 Å². The van der Waals surface area contributed by atoms with Gasteiger partial charge < -0.3 is 5.73 Å². The van der Waals surface area contributed by atoms with Crippen LogP contribution in [0.3, 0.4) is 0 Å². The van der Waals surface area contributed by atoms with Crippen molar-refractivity contribution in [2.45, 2.75) is 0 Å². The second kappa shape index (κ2) is 4.86. The predicted molar refractivity (Wildman–Crippen MR) is 68.3 cm³/mol. The molecule has 0 radical (unpaired) electrons. The van der Waals surface area contributed by atoms with E-state index in [4.69, 9.17) is 5.73 Å². The van der Waals surface area contributed by atoms with Crippen molar-refractivity contribution in [1.82, 2.24) is 0 Å². The van der Waals surface area contributed by atoms with Gasteiger partial charge in [-0.15, -0.1) is 0 Å². The first-order valence-electron chi connectivity index (χ1n) is 5.02. The summed E-state index contributed by atoms with van der Waals surface area (Å²) in [4.78, 5) is 12.0. The molecule has 0 amide bonds. The van der Waals surface area contributed by atoms with Gasteiger partial charge in [0.1, 0.15) is 11.6 Å². The minimum atomic E-state index is -0.790. The van der Waals surface area contributed by atoms with Crippen LogP contribution in [-0.2, 0) is 0 Å². The fraction of sp³-hybridized carbons (Fsp3) is 0. The molecule has 0 saturated heterocycles. The average Bonchev–Trinajstić information content (AvgIpc) is 2.25. The van der Waals surface area contributed by atoms with E-state index in [1.165, 1.54) is 6.07 Å². The van der Waals surface area contributed by atoms with Crippen LogP contribution in [0, 0.1) is 11.6 Å². The van der Waals surface area contributed by atoms with Gasteiger partial charge in [-0.25, -0.2) is 8.78 Å². The van der Waals surface area contributed by atoms with E-state index >= 15 is 0 Å². The van der Waals surface area contributed by atoms with E-state index in [2.05, 4.69) is 15.9 Å². The van der Waals surface area contributed by atoms with Crippen LogP contribution in [0.5, 0.6) is 0 Å². The second-order valence-corrected chi connectivity index (χ2v) is 4.68. The molecule has 0 heterocycles. The third-order valence-electron chi connectivity index (χ3n) is 2.31. The third kappa shape index (κ3) is 2.73. The average molecular weight is 312 g/mol. The Morgan fingerprint density at radius 1 is 0.944 bits per heavy atom. The molecule has 2 nitrogen and oxygen atoms in total. The van der Waals surface area contributed by atoms with E-state index in [0.717, 1.165) is 12.1 Å². The molecule has 0 atom stereocenters. The number of hydrogen-bond acceptors (Lipinski definition) is 2. The van der Waals surface area contributed by atoms with Crippen molar-refractivity contribution in [3.8, 4) is 0 Å². The van der Waals surface area contributed by atoms with Gasteiger partial charge in [-0.1, -0.05) is 15.9 Å². The molecule has 0 bridgehead atoms. The lowest BCUT2D eigenvalue weighted by Gasteiger charge is -2.04. The van der Waals surface area contributed by atoms with Crippen molar-refractivity contribution in [2.24, 2.45) is 0 Å². The molecule has 0 aromatic heterocycles. The van der Waals surface area contributed by atoms with Gasteiger partial charge in [0.15, 0.2) is 5.78 Å². The fourth-order valence-electron chi connectivity index (χ4n) is 1.60. The van der Waals surface area contributed by atoms with Gasteiger partial charge >= 0.3 is 0 Å². The lowest BCUT2D eigenvalue weighted by Crippen LogP contribution is -2.03. The maximum Gasteiger partial charge on any atom is 0.193 e. The zero-order valence-corrected chi connectivity index (χ0v) is 10.7. The van der Waals surface area contributed by atoms with Gasteiger partial charge in [-0.2, -0.15) is 0 Å². The zero-order chi connectivity index (χ0) is 13.3. The minimum absolute atomic E-state index is 0.0509. The lowest BCUT2D eigenvalue weighted by atomic mass is 10.0. The number of nitrogens with two attached hydrogens (primary N) is 1. The summed E-state index contributed by atoms with van der Waals surface area (Å²) in [6, 6.07) is 7.32. The summed E-state index contributed by atoms with van der Waals surface area (Å²) >= 11 is 3.20. The van der Waals surface area contributed by atoms with E-state index in [9.17, 15) is 13.6 Å². The first kappa shape index (κ1) is 12.7. The monoisotopic (exact) mass is 311 g/mol. The quantitative estimate of drug-likeness (QED) is 0.681. The van der Waals surface area contributed by atoms with Gasteiger partial charge in [0, 0.05) is 27.4 Å². The Morgan fingerprint density at radius 3 is 2.06 bits per heavy atom. The Bertz CT molecular complexity index is 534. The largest absolute Gasteiger partial charge is 0.399 e. The molecule has 0 aliphatic carbocycles. The molecule has 2 aromatic carbocycles. The fourth-order valence-corrected chi connectivity index (χ4v) is 2.11. The molecule has 0 aliphatic rings. The van der Waals surface area contributed by atoms with Crippen molar-refractivity contribution in [3.05, 3.63) is 63.6 Å². The minimum Gasteiger partial charge on any atom is -0.399 e. The molecule has 2 N–H and O–H groups in total. The number of anilines is 1. The number of hydrogen-bond donors (Lipinski definition) is 1. The molecule has 0 fully saturated rings. The van der Waals surface area contributed by atoms with Crippen molar-refractivity contribution < 1.29 is 13.6 Å². The molecule has 0 spiro atoms. The van der Waals surface area contributed by atoms with Crippen LogP contribution in [-0.4, -0.2) is 5.78 Å². The van der Waals surface area contributed by atoms with Crippen molar-refractivity contribution in [2.75, 3.05) is 5.73 Å². The normalized spacial score (nSPS) is 10.4. The molecular formula is C13H8BrF2NO. The molecule has 92 valence electrons. The molecule has 0 unspecified atom stereocenters. The molecule has 18 heavy (non-hydrogen) atoms. The van der Waals surface area contributed by atoms with E-state index in [-0.39, 0.29) is 11.1 Å². The van der Waals surface area contributed by atoms with Crippen LogP contribution < -0.4 is 5.73 Å². The second-order valence-electron chi connectivity index (χ2n) is 3.76. The summed E-state index contributed by atoms with van der Waals surface area (Å²) in [6.07, 6.45) is 0. The summed E-state index contributed by atoms with van der Waals surface area (Å²) in [5.74, 6) is -2.07. The predicted octanol–water partition coefficient (Wildman–Crippen LogP) is 3.54. The highest BCUT2D eigenvalue weighted by Crippen LogP contribution is 2.20. The Hall–Kier alpha value is -1.75. The highest BCUT2D eigenvalue weighted by molar-refractivity contribution is 9.10. The van der Waals surface area contributed by atoms with E-state index in [0.29, 0.717) is 16.2 Å². The maximum absolute atomic E-state index is 13.0. The molecular weight excluding hydrogens is 304 g/mol. The SMILES string of the molecule is Nc1cc(Br)cc(C(=O)c2cc(F)cc(F)c2)c1. The highest BCUT2D eigenvalue weighted by Gasteiger charge is 2.12. The molecule has 0 saturated carbocycles. The van der Waals surface area contributed by atoms with Gasteiger partial charge in [-0.3, -0.25) is 4.79 Å². The summed E-state index contributed by atoms with van der Waals surface area (Å²) in [5.41, 5.74) is 6.22. The molecule has 2 aromatic rings. The molecule has 5 heteroatoms. The third-order valence-corrected chi connectivity index (χ3v) is 2.76. The summed E-state index contributed by atoms with van der Waals surface area (Å²) in [7, 11) is 0. The smallest absolute Gasteiger partial charge is 0.193 e. The Kier molecular flexibility index (Phi) is 3.43. The van der Waals surface area contributed by atoms with E-state index in [1.54, 1.807) is 12.1 Å². The van der Waals surface area contributed by atoms with Gasteiger partial charge in [0.05, 0.1) is 0 Å². The number of ketones is 1. The Balaban J connectivity index is 2.47. The summed E-state index contributed by atoms with van der Waals surface area (Å²) < 4.78 is 26.7. The lowest BCUT2D eigenvalue weighted by molar-refractivity contribution is 0.103. The number of nitrogen functional groups attached to an aromatic ring is 1. The van der Waals surface area contributed by atoms with E-state index in [1.807, 2.05) is 0 Å². The molecule has 2 rings (SSSR count). The topological polar surface area (TPSA) is 43.1 Å². The van der Waals surface area contributed by atoms with Crippen molar-refractivity contribution >= 4 is 27.4 Å².